The molecule has 3 rings (SSSR count). The van der Waals surface area contributed by atoms with Crippen molar-refractivity contribution in [3.05, 3.63) is 42.4 Å². The minimum atomic E-state index is -1.00. The summed E-state index contributed by atoms with van der Waals surface area (Å²) in [6, 6.07) is 9.79. The number of hydrogen-bond donors (Lipinski definition) is 0. The Morgan fingerprint density at radius 2 is 2.15 bits per heavy atom. The van der Waals surface area contributed by atoms with E-state index in [2.05, 4.69) is 4.98 Å². The second-order valence-corrected chi connectivity index (χ2v) is 6.57. The van der Waals surface area contributed by atoms with Gasteiger partial charge in [0.25, 0.3) is 0 Å². The number of ether oxygens (including phenoxy) is 1. The molecule has 106 valence electrons. The van der Waals surface area contributed by atoms with Gasteiger partial charge in [0, 0.05) is 23.0 Å². The first-order valence-corrected chi connectivity index (χ1v) is 8.11. The lowest BCUT2D eigenvalue weighted by Gasteiger charge is -2.11. The van der Waals surface area contributed by atoms with Crippen molar-refractivity contribution in [3.8, 4) is 11.3 Å². The van der Waals surface area contributed by atoms with Crippen LogP contribution in [-0.2, 0) is 21.3 Å². The number of benzene rings is 1. The third-order valence-corrected chi connectivity index (χ3v) is 5.35. The molecule has 1 saturated heterocycles. The smallest absolute Gasteiger partial charge is 0.207 e. The molecule has 1 aliphatic rings. The quantitative estimate of drug-likeness (QED) is 0.869. The van der Waals surface area contributed by atoms with Crippen LogP contribution in [0.5, 0.6) is 0 Å². The zero-order valence-electron chi connectivity index (χ0n) is 11.3. The maximum absolute atomic E-state index is 12.3. The largest absolute Gasteiger partial charge is 0.440 e. The van der Waals surface area contributed by atoms with Gasteiger partial charge >= 0.3 is 0 Å². The molecule has 3 atom stereocenters. The molecule has 1 aromatic heterocycles. The Morgan fingerprint density at radius 3 is 2.85 bits per heavy atom. The summed E-state index contributed by atoms with van der Waals surface area (Å²) in [5.74, 6) is 1.60. The molecule has 0 amide bonds. The third kappa shape index (κ3) is 2.83. The monoisotopic (exact) mass is 291 g/mol. The van der Waals surface area contributed by atoms with E-state index in [-0.39, 0.29) is 11.4 Å². The summed E-state index contributed by atoms with van der Waals surface area (Å²) in [5, 5.41) is 0.0853. The highest BCUT2D eigenvalue weighted by Gasteiger charge is 2.30. The predicted molar refractivity (Wildman–Crippen MR) is 77.6 cm³/mol. The van der Waals surface area contributed by atoms with E-state index in [0.717, 1.165) is 12.0 Å². The first kappa shape index (κ1) is 13.5. The maximum Gasteiger partial charge on any atom is 0.207 e. The molecule has 20 heavy (non-hydrogen) atoms. The van der Waals surface area contributed by atoms with Crippen molar-refractivity contribution in [2.45, 2.75) is 30.5 Å². The molecule has 1 aliphatic heterocycles. The Labute approximate surface area is 120 Å². The molecule has 1 fully saturated rings. The molecule has 0 bridgehead atoms. The number of rotatable bonds is 4. The number of hydrogen-bond acceptors (Lipinski definition) is 4. The fraction of sp³-hybridized carbons (Fsp3) is 0.400. The molecule has 0 unspecified atom stereocenters. The van der Waals surface area contributed by atoms with Gasteiger partial charge in [-0.25, -0.2) is 4.98 Å². The standard InChI is InChI=1S/C15H17NO3S/c1-11-14(7-8-18-11)20(17)10-15-16-9-13(19-15)12-5-3-2-4-6-12/h2-6,9,11,14H,7-8,10H2,1H3/t11-,14+,20-/m0/s1. The Balaban J connectivity index is 1.70. The highest BCUT2D eigenvalue weighted by molar-refractivity contribution is 7.84. The summed E-state index contributed by atoms with van der Waals surface area (Å²) in [7, 11) is -1.00. The summed E-state index contributed by atoms with van der Waals surface area (Å²) < 4.78 is 23.4. The number of nitrogens with zero attached hydrogens (tertiary/aromatic N) is 1. The summed E-state index contributed by atoms with van der Waals surface area (Å²) >= 11 is 0. The first-order chi connectivity index (χ1) is 9.74. The van der Waals surface area contributed by atoms with Crippen LogP contribution in [0.4, 0.5) is 0 Å². The van der Waals surface area contributed by atoms with Gasteiger partial charge in [-0.05, 0) is 13.3 Å². The van der Waals surface area contributed by atoms with Crippen molar-refractivity contribution in [2.75, 3.05) is 6.61 Å². The van der Waals surface area contributed by atoms with Crippen LogP contribution < -0.4 is 0 Å². The summed E-state index contributed by atoms with van der Waals surface area (Å²) in [6.07, 6.45) is 2.59. The van der Waals surface area contributed by atoms with Gasteiger partial charge in [-0.1, -0.05) is 30.3 Å². The topological polar surface area (TPSA) is 52.3 Å². The van der Waals surface area contributed by atoms with E-state index in [4.69, 9.17) is 9.15 Å². The van der Waals surface area contributed by atoms with Crippen molar-refractivity contribution < 1.29 is 13.4 Å². The van der Waals surface area contributed by atoms with Gasteiger partial charge in [0.2, 0.25) is 5.89 Å². The van der Waals surface area contributed by atoms with E-state index in [0.29, 0.717) is 24.0 Å². The molecule has 0 radical (unpaired) electrons. The fourth-order valence-electron chi connectivity index (χ4n) is 2.40. The van der Waals surface area contributed by atoms with Crippen LogP contribution in [0.25, 0.3) is 11.3 Å². The molecule has 0 saturated carbocycles. The Morgan fingerprint density at radius 1 is 1.35 bits per heavy atom. The van der Waals surface area contributed by atoms with Crippen molar-refractivity contribution >= 4 is 10.8 Å². The Kier molecular flexibility index (Phi) is 3.98. The molecule has 0 spiro atoms. The number of aromatic nitrogens is 1. The zero-order valence-corrected chi connectivity index (χ0v) is 12.1. The van der Waals surface area contributed by atoms with Gasteiger partial charge in [0.15, 0.2) is 5.76 Å². The Bertz CT molecular complexity index is 596. The second kappa shape index (κ2) is 5.89. The zero-order chi connectivity index (χ0) is 13.9. The van der Waals surface area contributed by atoms with Crippen LogP contribution in [-0.4, -0.2) is 27.2 Å². The summed E-state index contributed by atoms with van der Waals surface area (Å²) in [4.78, 5) is 4.23. The van der Waals surface area contributed by atoms with Gasteiger partial charge in [-0.2, -0.15) is 0 Å². The van der Waals surface area contributed by atoms with Crippen LogP contribution in [0.15, 0.2) is 40.9 Å². The van der Waals surface area contributed by atoms with Gasteiger partial charge in [0.1, 0.15) is 5.75 Å². The summed E-state index contributed by atoms with van der Waals surface area (Å²) in [5.41, 5.74) is 0.981. The highest BCUT2D eigenvalue weighted by Crippen LogP contribution is 2.23. The van der Waals surface area contributed by atoms with Gasteiger partial charge in [0.05, 0.1) is 17.6 Å². The van der Waals surface area contributed by atoms with Crippen LogP contribution >= 0.6 is 0 Å². The lowest BCUT2D eigenvalue weighted by atomic mass is 10.2. The minimum Gasteiger partial charge on any atom is -0.440 e. The van der Waals surface area contributed by atoms with Gasteiger partial charge < -0.3 is 9.15 Å². The van der Waals surface area contributed by atoms with E-state index < -0.39 is 10.8 Å². The van der Waals surface area contributed by atoms with E-state index in [1.807, 2.05) is 37.3 Å². The normalized spacial score (nSPS) is 23.9. The van der Waals surface area contributed by atoms with Crippen LogP contribution in [0.3, 0.4) is 0 Å². The van der Waals surface area contributed by atoms with Crippen molar-refractivity contribution in [3.63, 3.8) is 0 Å². The SMILES string of the molecule is C[C@@H]1OCC[C@H]1[S@@](=O)Cc1ncc(-c2ccccc2)o1. The second-order valence-electron chi connectivity index (χ2n) is 4.91. The van der Waals surface area contributed by atoms with Crippen molar-refractivity contribution in [1.82, 2.24) is 4.98 Å². The molecule has 2 heterocycles. The Hall–Kier alpha value is -1.46. The maximum atomic E-state index is 12.3. The fourth-order valence-corrected chi connectivity index (χ4v) is 3.86. The highest BCUT2D eigenvalue weighted by atomic mass is 32.2. The van der Waals surface area contributed by atoms with Crippen LogP contribution in [0, 0.1) is 0 Å². The predicted octanol–water partition coefficient (Wildman–Crippen LogP) is 2.77. The lowest BCUT2D eigenvalue weighted by Crippen LogP contribution is -2.24. The molecule has 0 N–H and O–H groups in total. The molecule has 2 aromatic rings. The average Bonchev–Trinajstić information content (AvgIpc) is 3.09. The molecular formula is C15H17NO3S. The minimum absolute atomic E-state index is 0.0550. The van der Waals surface area contributed by atoms with E-state index in [9.17, 15) is 4.21 Å². The third-order valence-electron chi connectivity index (χ3n) is 3.52. The van der Waals surface area contributed by atoms with Gasteiger partial charge in [-0.15, -0.1) is 0 Å². The molecule has 4 nitrogen and oxygen atoms in total. The lowest BCUT2D eigenvalue weighted by molar-refractivity contribution is 0.127. The van der Waals surface area contributed by atoms with E-state index in [1.54, 1.807) is 6.20 Å². The molecule has 0 aliphatic carbocycles. The van der Waals surface area contributed by atoms with Crippen LogP contribution in [0.2, 0.25) is 0 Å². The van der Waals surface area contributed by atoms with Gasteiger partial charge in [-0.3, -0.25) is 4.21 Å². The molecule has 1 aromatic carbocycles. The first-order valence-electron chi connectivity index (χ1n) is 6.73. The molecular weight excluding hydrogens is 274 g/mol. The van der Waals surface area contributed by atoms with Crippen LogP contribution in [0.1, 0.15) is 19.2 Å². The average molecular weight is 291 g/mol. The number of oxazole rings is 1. The van der Waals surface area contributed by atoms with E-state index in [1.165, 1.54) is 0 Å². The summed E-state index contributed by atoms with van der Waals surface area (Å²) in [6.45, 7) is 2.67. The van der Waals surface area contributed by atoms with Crippen molar-refractivity contribution in [2.24, 2.45) is 0 Å². The molecule has 5 heteroatoms. The van der Waals surface area contributed by atoms with Crippen molar-refractivity contribution in [1.29, 1.82) is 0 Å². The van der Waals surface area contributed by atoms with E-state index >= 15 is 0 Å².